The zero-order valence-electron chi connectivity index (χ0n) is 6.95. The van der Waals surface area contributed by atoms with Crippen LogP contribution in [0.15, 0.2) is 11.1 Å². The second-order valence-electron chi connectivity index (χ2n) is 4.36. The first kappa shape index (κ1) is 8.05. The minimum Gasteiger partial charge on any atom is -0.0674 e. The van der Waals surface area contributed by atoms with Crippen molar-refractivity contribution in [1.82, 2.24) is 0 Å². The van der Waals surface area contributed by atoms with Crippen LogP contribution in [0.1, 0.15) is 32.1 Å². The Labute approximate surface area is 90.1 Å². The van der Waals surface area contributed by atoms with E-state index in [9.17, 15) is 0 Å². The molecule has 3 fully saturated rings. The maximum Gasteiger partial charge on any atom is 0.105 e. The Balaban J connectivity index is 1.90. The molecule has 0 amide bonds. The molecule has 0 aromatic carbocycles. The second-order valence-corrected chi connectivity index (χ2v) is 8.14. The highest BCUT2D eigenvalue weighted by Gasteiger charge is 2.51. The van der Waals surface area contributed by atoms with Gasteiger partial charge >= 0.3 is 0 Å². The highest BCUT2D eigenvalue weighted by molar-refractivity contribution is 9.25. The van der Waals surface area contributed by atoms with E-state index >= 15 is 0 Å². The van der Waals surface area contributed by atoms with Crippen molar-refractivity contribution in [2.45, 2.75) is 35.3 Å². The number of alkyl halides is 2. The minimum absolute atomic E-state index is 0.237. The van der Waals surface area contributed by atoms with E-state index in [4.69, 9.17) is 0 Å². The lowest BCUT2D eigenvalue weighted by molar-refractivity contribution is 0.849. The van der Waals surface area contributed by atoms with Gasteiger partial charge in [-0.3, -0.25) is 0 Å². The average Bonchev–Trinajstić information content (AvgIpc) is 2.80. The van der Waals surface area contributed by atoms with Crippen molar-refractivity contribution in [1.29, 1.82) is 0 Å². The van der Waals surface area contributed by atoms with Crippen LogP contribution in [0.2, 0.25) is 0 Å². The molecule has 0 saturated heterocycles. The van der Waals surface area contributed by atoms with Crippen LogP contribution >= 0.6 is 31.9 Å². The maximum absolute atomic E-state index is 3.70. The standard InChI is InChI=1S/C10H12Br2/c11-10(12)5-8(10)9(6-1-2-6)7-3-4-7/h6-7H,1-5H2. The number of allylic oxidation sites excluding steroid dienone is 2. The van der Waals surface area contributed by atoms with Crippen LogP contribution in [-0.2, 0) is 0 Å². The Hall–Kier alpha value is 0.700. The Bertz CT molecular complexity index is 243. The van der Waals surface area contributed by atoms with Gasteiger partial charge in [0.25, 0.3) is 0 Å². The zero-order chi connectivity index (χ0) is 8.34. The van der Waals surface area contributed by atoms with Gasteiger partial charge in [-0.15, -0.1) is 0 Å². The Morgan fingerprint density at radius 3 is 1.75 bits per heavy atom. The average molecular weight is 292 g/mol. The summed E-state index contributed by atoms with van der Waals surface area (Å²) in [6.07, 6.45) is 7.10. The highest BCUT2D eigenvalue weighted by atomic mass is 79.9. The third-order valence-corrected chi connectivity index (χ3v) is 4.62. The largest absolute Gasteiger partial charge is 0.105 e. The minimum atomic E-state index is 0.237. The van der Waals surface area contributed by atoms with Crippen LogP contribution in [0.3, 0.4) is 0 Å². The molecule has 2 heteroatoms. The summed E-state index contributed by atoms with van der Waals surface area (Å²) >= 11 is 7.41. The normalized spacial score (nSPS) is 32.0. The van der Waals surface area contributed by atoms with Crippen LogP contribution in [0.25, 0.3) is 0 Å². The molecular formula is C10H12Br2. The van der Waals surface area contributed by atoms with Crippen LogP contribution in [-0.4, -0.2) is 3.23 Å². The number of rotatable bonds is 2. The summed E-state index contributed by atoms with van der Waals surface area (Å²) in [5, 5.41) is 0. The van der Waals surface area contributed by atoms with Gasteiger partial charge in [0.2, 0.25) is 0 Å². The molecule has 0 bridgehead atoms. The molecule has 0 heterocycles. The first-order valence-corrected chi connectivity index (χ1v) is 6.38. The van der Waals surface area contributed by atoms with E-state index in [2.05, 4.69) is 31.9 Å². The van der Waals surface area contributed by atoms with Gasteiger partial charge in [-0.2, -0.15) is 0 Å². The predicted octanol–water partition coefficient (Wildman–Crippen LogP) is 3.99. The lowest BCUT2D eigenvalue weighted by atomic mass is 10.1. The van der Waals surface area contributed by atoms with E-state index < -0.39 is 0 Å². The zero-order valence-corrected chi connectivity index (χ0v) is 10.1. The van der Waals surface area contributed by atoms with Gasteiger partial charge in [-0.1, -0.05) is 37.4 Å². The number of halogens is 2. The van der Waals surface area contributed by atoms with Crippen LogP contribution < -0.4 is 0 Å². The smallest absolute Gasteiger partial charge is 0.0674 e. The fourth-order valence-corrected chi connectivity index (χ4v) is 3.12. The third kappa shape index (κ3) is 1.31. The fraction of sp³-hybridized carbons (Fsp3) is 0.800. The molecule has 0 aliphatic heterocycles. The molecule has 12 heavy (non-hydrogen) atoms. The Morgan fingerprint density at radius 2 is 1.50 bits per heavy atom. The van der Waals surface area contributed by atoms with E-state index in [0.717, 1.165) is 11.8 Å². The highest BCUT2D eigenvalue weighted by Crippen LogP contribution is 2.63. The summed E-state index contributed by atoms with van der Waals surface area (Å²) in [6.45, 7) is 0. The molecule has 0 atom stereocenters. The third-order valence-electron chi connectivity index (χ3n) is 3.10. The fourth-order valence-electron chi connectivity index (χ4n) is 2.11. The van der Waals surface area contributed by atoms with Gasteiger partial charge in [0.1, 0.15) is 3.23 Å². The first-order valence-electron chi connectivity index (χ1n) is 4.80. The lowest BCUT2D eigenvalue weighted by Gasteiger charge is -2.02. The van der Waals surface area contributed by atoms with E-state index in [1.165, 1.54) is 32.1 Å². The predicted molar refractivity (Wildman–Crippen MR) is 57.7 cm³/mol. The van der Waals surface area contributed by atoms with Gasteiger partial charge in [0.15, 0.2) is 0 Å². The molecule has 0 N–H and O–H groups in total. The van der Waals surface area contributed by atoms with Crippen molar-refractivity contribution >= 4 is 31.9 Å². The monoisotopic (exact) mass is 290 g/mol. The molecular weight excluding hydrogens is 280 g/mol. The summed E-state index contributed by atoms with van der Waals surface area (Å²) < 4.78 is 0.237. The molecule has 66 valence electrons. The molecule has 0 unspecified atom stereocenters. The Kier molecular flexibility index (Phi) is 1.60. The van der Waals surface area contributed by atoms with E-state index in [1.54, 1.807) is 5.57 Å². The quantitative estimate of drug-likeness (QED) is 0.533. The SMILES string of the molecule is BrC1(Br)CC1=C(C1CC1)C1CC1. The van der Waals surface area contributed by atoms with Crippen LogP contribution in [0, 0.1) is 11.8 Å². The van der Waals surface area contributed by atoms with Crippen molar-refractivity contribution in [2.24, 2.45) is 11.8 Å². The maximum atomic E-state index is 3.70. The molecule has 0 aromatic heterocycles. The summed E-state index contributed by atoms with van der Waals surface area (Å²) in [5.41, 5.74) is 3.52. The van der Waals surface area contributed by atoms with Gasteiger partial charge in [0.05, 0.1) is 0 Å². The molecule has 3 aliphatic carbocycles. The first-order chi connectivity index (χ1) is 5.68. The van der Waals surface area contributed by atoms with Crippen molar-refractivity contribution in [3.63, 3.8) is 0 Å². The number of hydrogen-bond acceptors (Lipinski definition) is 0. The van der Waals surface area contributed by atoms with Gasteiger partial charge < -0.3 is 0 Å². The lowest BCUT2D eigenvalue weighted by Crippen LogP contribution is -1.91. The second kappa shape index (κ2) is 2.38. The van der Waals surface area contributed by atoms with E-state index in [1.807, 2.05) is 5.57 Å². The van der Waals surface area contributed by atoms with Crippen LogP contribution in [0.4, 0.5) is 0 Å². The molecule has 3 saturated carbocycles. The van der Waals surface area contributed by atoms with Crippen LogP contribution in [0.5, 0.6) is 0 Å². The molecule has 0 aromatic rings. The molecule has 3 rings (SSSR count). The van der Waals surface area contributed by atoms with Crippen molar-refractivity contribution in [2.75, 3.05) is 0 Å². The van der Waals surface area contributed by atoms with E-state index in [0.29, 0.717) is 0 Å². The molecule has 0 radical (unpaired) electrons. The van der Waals surface area contributed by atoms with E-state index in [-0.39, 0.29) is 3.23 Å². The molecule has 3 aliphatic rings. The number of hydrogen-bond donors (Lipinski definition) is 0. The van der Waals surface area contributed by atoms with Gasteiger partial charge in [-0.05, 0) is 49.5 Å². The van der Waals surface area contributed by atoms with Gasteiger partial charge in [-0.25, -0.2) is 0 Å². The summed E-state index contributed by atoms with van der Waals surface area (Å²) in [5.74, 6) is 1.98. The van der Waals surface area contributed by atoms with Crippen molar-refractivity contribution < 1.29 is 0 Å². The van der Waals surface area contributed by atoms with Crippen molar-refractivity contribution in [3.05, 3.63) is 11.1 Å². The van der Waals surface area contributed by atoms with Crippen molar-refractivity contribution in [3.8, 4) is 0 Å². The van der Waals surface area contributed by atoms with Gasteiger partial charge in [0, 0.05) is 0 Å². The molecule has 0 nitrogen and oxygen atoms in total. The Morgan fingerprint density at radius 1 is 1.08 bits per heavy atom. The summed E-state index contributed by atoms with van der Waals surface area (Å²) in [4.78, 5) is 0. The molecule has 0 spiro atoms. The summed E-state index contributed by atoms with van der Waals surface area (Å²) in [7, 11) is 0. The summed E-state index contributed by atoms with van der Waals surface area (Å²) in [6, 6.07) is 0. The topological polar surface area (TPSA) is 0 Å².